The number of hydrogen-bond acceptors (Lipinski definition) is 2. The molecular weight excluding hydrogens is 201 g/mol. The fraction of sp³-hybridized carbons (Fsp3) is 0.571. The number of ether oxygens (including phenoxy) is 1. The van der Waals surface area contributed by atoms with Crippen molar-refractivity contribution in [1.29, 1.82) is 0 Å². The van der Waals surface area contributed by atoms with Crippen LogP contribution in [0.15, 0.2) is 0 Å². The highest BCUT2D eigenvalue weighted by Crippen LogP contribution is 2.16. The zero-order valence-electron chi connectivity index (χ0n) is 6.80. The maximum atomic E-state index is 10.7. The van der Waals surface area contributed by atoms with E-state index in [1.54, 1.807) is 6.92 Å². The Hall–Kier alpha value is -0.590. The van der Waals surface area contributed by atoms with Gasteiger partial charge in [-0.25, -0.2) is 9.21 Å². The van der Waals surface area contributed by atoms with Crippen molar-refractivity contribution in [2.24, 2.45) is 0 Å². The van der Waals surface area contributed by atoms with Crippen LogP contribution in [0.25, 0.3) is 0 Å². The van der Waals surface area contributed by atoms with Crippen molar-refractivity contribution in [3.63, 3.8) is 0 Å². The van der Waals surface area contributed by atoms with Crippen LogP contribution in [0.3, 0.4) is 0 Å². The Bertz CT molecular complexity index is 210. The lowest BCUT2D eigenvalue weighted by Crippen LogP contribution is -2.34. The van der Waals surface area contributed by atoms with Gasteiger partial charge < -0.3 is 4.74 Å². The van der Waals surface area contributed by atoms with Crippen molar-refractivity contribution in [3.8, 4) is 12.3 Å². The third kappa shape index (κ3) is 3.70. The minimum atomic E-state index is -0.962. The fourth-order valence-corrected chi connectivity index (χ4v) is 0.959. The number of terminal acetylenes is 1. The molecule has 0 bridgehead atoms. The normalized spacial score (nSPS) is 14.2. The van der Waals surface area contributed by atoms with Gasteiger partial charge in [0.2, 0.25) is 0 Å². The fourth-order valence-electron chi connectivity index (χ4n) is 0.470. The third-order valence-corrected chi connectivity index (χ3v) is 1.60. The number of hydrogen-bond donors (Lipinski definition) is 0. The first-order valence-corrected chi connectivity index (χ1v) is 3.82. The third-order valence-electron chi connectivity index (χ3n) is 1.11. The van der Waals surface area contributed by atoms with E-state index in [1.165, 1.54) is 7.11 Å². The van der Waals surface area contributed by atoms with Crippen molar-refractivity contribution >= 4 is 29.5 Å². The summed E-state index contributed by atoms with van der Waals surface area (Å²) in [6.07, 6.45) is 4.40. The zero-order chi connectivity index (χ0) is 9.78. The molecule has 0 heterocycles. The van der Waals surface area contributed by atoms with Gasteiger partial charge in [0.05, 0.1) is 13.7 Å². The van der Waals surface area contributed by atoms with Crippen LogP contribution >= 0.6 is 23.4 Å². The summed E-state index contributed by atoms with van der Waals surface area (Å²) in [7, 11) is 1.22. The standard InChI is InChI=1S/C7H9Cl2NO2/c1-4-7(2,8)5-10(9)6(11)12-3/h1H,5H2,2-3H3. The molecule has 1 atom stereocenters. The van der Waals surface area contributed by atoms with Gasteiger partial charge in [0.15, 0.2) is 0 Å². The summed E-state index contributed by atoms with van der Waals surface area (Å²) in [5, 5.41) is 0. The first-order chi connectivity index (χ1) is 5.43. The summed E-state index contributed by atoms with van der Waals surface area (Å²) >= 11 is 11.2. The summed E-state index contributed by atoms with van der Waals surface area (Å²) in [4.78, 5) is 9.79. The molecule has 0 aliphatic heterocycles. The molecule has 0 aromatic heterocycles. The van der Waals surface area contributed by atoms with E-state index < -0.39 is 11.0 Å². The van der Waals surface area contributed by atoms with Gasteiger partial charge in [-0.05, 0) is 6.92 Å². The number of methoxy groups -OCH3 is 1. The molecule has 5 heteroatoms. The van der Waals surface area contributed by atoms with E-state index in [0.29, 0.717) is 0 Å². The van der Waals surface area contributed by atoms with Crippen LogP contribution in [0.5, 0.6) is 0 Å². The van der Waals surface area contributed by atoms with Crippen LogP contribution in [0.1, 0.15) is 6.92 Å². The molecule has 0 fully saturated rings. The quantitative estimate of drug-likeness (QED) is 0.395. The van der Waals surface area contributed by atoms with Crippen molar-refractivity contribution in [3.05, 3.63) is 0 Å². The molecule has 0 aliphatic rings. The molecule has 0 aromatic rings. The first kappa shape index (κ1) is 11.4. The molecule has 1 unspecified atom stereocenters. The van der Waals surface area contributed by atoms with Gasteiger partial charge in [-0.1, -0.05) is 5.92 Å². The Labute approximate surface area is 81.7 Å². The van der Waals surface area contributed by atoms with Crippen molar-refractivity contribution < 1.29 is 9.53 Å². The number of amides is 1. The van der Waals surface area contributed by atoms with Crippen LogP contribution in [0.4, 0.5) is 4.79 Å². The second-order valence-corrected chi connectivity index (χ2v) is 3.57. The van der Waals surface area contributed by atoms with Gasteiger partial charge in [0.25, 0.3) is 0 Å². The summed E-state index contributed by atoms with van der Waals surface area (Å²) in [5.74, 6) is 2.28. The summed E-state index contributed by atoms with van der Waals surface area (Å²) in [5.41, 5.74) is 0. The second-order valence-electron chi connectivity index (χ2n) is 2.33. The van der Waals surface area contributed by atoms with E-state index in [2.05, 4.69) is 10.7 Å². The van der Waals surface area contributed by atoms with Crippen LogP contribution in [0.2, 0.25) is 0 Å². The van der Waals surface area contributed by atoms with E-state index in [0.717, 1.165) is 4.42 Å². The molecule has 0 radical (unpaired) electrons. The summed E-state index contributed by atoms with van der Waals surface area (Å²) < 4.78 is 5.13. The summed E-state index contributed by atoms with van der Waals surface area (Å²) in [6, 6.07) is 0. The number of halogens is 2. The van der Waals surface area contributed by atoms with Crippen molar-refractivity contribution in [1.82, 2.24) is 4.42 Å². The zero-order valence-corrected chi connectivity index (χ0v) is 8.32. The Morgan fingerprint density at radius 3 is 2.67 bits per heavy atom. The molecule has 68 valence electrons. The predicted molar refractivity (Wildman–Crippen MR) is 48.1 cm³/mol. The number of alkyl halides is 1. The molecule has 0 saturated heterocycles. The monoisotopic (exact) mass is 209 g/mol. The number of carbonyl (C=O) groups is 1. The lowest BCUT2D eigenvalue weighted by Gasteiger charge is -2.19. The molecule has 0 aliphatic carbocycles. The second kappa shape index (κ2) is 4.44. The molecule has 0 aromatic carbocycles. The number of rotatable bonds is 2. The van der Waals surface area contributed by atoms with Gasteiger partial charge in [0, 0.05) is 11.8 Å². The van der Waals surface area contributed by atoms with E-state index in [9.17, 15) is 4.79 Å². The molecule has 3 nitrogen and oxygen atoms in total. The van der Waals surface area contributed by atoms with Crippen LogP contribution in [-0.2, 0) is 4.74 Å². The van der Waals surface area contributed by atoms with Crippen LogP contribution < -0.4 is 0 Å². The van der Waals surface area contributed by atoms with Gasteiger partial charge >= 0.3 is 6.09 Å². The number of nitrogens with zero attached hydrogens (tertiary/aromatic N) is 1. The Morgan fingerprint density at radius 2 is 2.33 bits per heavy atom. The molecule has 0 N–H and O–H groups in total. The lowest BCUT2D eigenvalue weighted by molar-refractivity contribution is 0.149. The highest BCUT2D eigenvalue weighted by Gasteiger charge is 2.24. The molecule has 0 saturated carbocycles. The summed E-state index contributed by atoms with van der Waals surface area (Å²) in [6.45, 7) is 1.60. The van der Waals surface area contributed by atoms with E-state index in [-0.39, 0.29) is 6.54 Å². The van der Waals surface area contributed by atoms with Crippen molar-refractivity contribution in [2.75, 3.05) is 13.7 Å². The lowest BCUT2D eigenvalue weighted by atomic mass is 10.2. The SMILES string of the molecule is C#CC(C)(Cl)CN(Cl)C(=O)OC. The molecule has 0 spiro atoms. The Morgan fingerprint density at radius 1 is 1.83 bits per heavy atom. The molecule has 12 heavy (non-hydrogen) atoms. The maximum absolute atomic E-state index is 10.7. The van der Waals surface area contributed by atoms with E-state index in [4.69, 9.17) is 29.8 Å². The maximum Gasteiger partial charge on any atom is 0.424 e. The molecular formula is C7H9Cl2NO2. The highest BCUT2D eigenvalue weighted by atomic mass is 35.5. The largest absolute Gasteiger partial charge is 0.452 e. The minimum Gasteiger partial charge on any atom is -0.452 e. The number of carbonyl (C=O) groups excluding carboxylic acids is 1. The first-order valence-electron chi connectivity index (χ1n) is 3.11. The topological polar surface area (TPSA) is 29.5 Å². The van der Waals surface area contributed by atoms with Gasteiger partial charge in [-0.3, -0.25) is 0 Å². The Balaban J connectivity index is 4.11. The minimum absolute atomic E-state index is 0.0271. The predicted octanol–water partition coefficient (Wildman–Crippen LogP) is 1.84. The van der Waals surface area contributed by atoms with Crippen molar-refractivity contribution in [2.45, 2.75) is 11.8 Å². The van der Waals surface area contributed by atoms with Crippen LogP contribution in [0, 0.1) is 12.3 Å². The Kier molecular flexibility index (Phi) is 4.22. The van der Waals surface area contributed by atoms with E-state index >= 15 is 0 Å². The van der Waals surface area contributed by atoms with Gasteiger partial charge in [0.1, 0.15) is 4.87 Å². The van der Waals surface area contributed by atoms with Crippen LogP contribution in [-0.4, -0.2) is 29.0 Å². The van der Waals surface area contributed by atoms with E-state index in [1.807, 2.05) is 0 Å². The smallest absolute Gasteiger partial charge is 0.424 e. The average Bonchev–Trinajstić information content (AvgIpc) is 2.02. The average molecular weight is 210 g/mol. The van der Waals surface area contributed by atoms with Gasteiger partial charge in [-0.2, -0.15) is 0 Å². The van der Waals surface area contributed by atoms with Gasteiger partial charge in [-0.15, -0.1) is 18.0 Å². The highest BCUT2D eigenvalue weighted by molar-refractivity contribution is 6.27. The molecule has 0 rings (SSSR count). The molecule has 1 amide bonds.